The number of ether oxygens (including phenoxy) is 11. The summed E-state index contributed by atoms with van der Waals surface area (Å²) in [7, 11) is 0. The molecule has 30 atom stereocenters. The molecule has 0 aromatic rings. The molecule has 0 aromatic carbocycles. The third-order valence-electron chi connectivity index (χ3n) is 12.4. The van der Waals surface area contributed by atoms with E-state index in [-0.39, 0.29) is 0 Å². The van der Waals surface area contributed by atoms with Crippen LogP contribution in [0.3, 0.4) is 0 Å². The van der Waals surface area contributed by atoms with Gasteiger partial charge >= 0.3 is 0 Å². The van der Waals surface area contributed by atoms with Gasteiger partial charge in [0.2, 0.25) is 0 Å². The fourth-order valence-corrected chi connectivity index (χ4v) is 8.55. The summed E-state index contributed by atoms with van der Waals surface area (Å²) < 4.78 is 60.3. The Morgan fingerprint density at radius 3 is 0.687 bits per heavy atom. The van der Waals surface area contributed by atoms with Crippen molar-refractivity contribution in [3.63, 3.8) is 0 Å². The first kappa shape index (κ1) is 55.1. The van der Waals surface area contributed by atoms with E-state index in [1.165, 1.54) is 0 Å². The molecule has 31 heteroatoms. The number of aliphatic hydroxyl groups is 20. The van der Waals surface area contributed by atoms with Crippen molar-refractivity contribution < 1.29 is 154 Å². The van der Waals surface area contributed by atoms with Crippen LogP contribution >= 0.6 is 0 Å². The van der Waals surface area contributed by atoms with Crippen LogP contribution in [-0.2, 0) is 52.1 Å². The van der Waals surface area contributed by atoms with Crippen molar-refractivity contribution in [2.24, 2.45) is 0 Å². The van der Waals surface area contributed by atoms with Crippen LogP contribution in [0.15, 0.2) is 0 Å². The van der Waals surface area contributed by atoms with Gasteiger partial charge in [0, 0.05) is 0 Å². The van der Waals surface area contributed by atoms with Gasteiger partial charge in [0.05, 0.1) is 39.6 Å². The van der Waals surface area contributed by atoms with Crippen molar-refractivity contribution in [2.45, 2.75) is 184 Å². The van der Waals surface area contributed by atoms with E-state index in [1.54, 1.807) is 0 Å². The van der Waals surface area contributed by atoms with E-state index in [2.05, 4.69) is 0 Å². The van der Waals surface area contributed by atoms with Crippen LogP contribution in [0.2, 0.25) is 0 Å². The van der Waals surface area contributed by atoms with Crippen LogP contribution < -0.4 is 0 Å². The van der Waals surface area contributed by atoms with Gasteiger partial charge in [0.25, 0.3) is 0 Å². The van der Waals surface area contributed by atoms with Gasteiger partial charge in [-0.25, -0.2) is 0 Å². The highest BCUT2D eigenvalue weighted by molar-refractivity contribution is 5.00. The van der Waals surface area contributed by atoms with Gasteiger partial charge in [-0.3, -0.25) is 0 Å². The predicted molar refractivity (Wildman–Crippen MR) is 199 cm³/mol. The lowest BCUT2D eigenvalue weighted by Gasteiger charge is -2.30. The Kier molecular flexibility index (Phi) is 19.4. The molecule has 6 heterocycles. The maximum Gasteiger partial charge on any atom is 0.187 e. The molecule has 0 aliphatic carbocycles. The molecule has 6 rings (SSSR count). The quantitative estimate of drug-likeness (QED) is 0.0479. The summed E-state index contributed by atoms with van der Waals surface area (Å²) >= 11 is 0. The van der Waals surface area contributed by atoms with E-state index in [4.69, 9.17) is 52.1 Å². The molecule has 0 aromatic heterocycles. The van der Waals surface area contributed by atoms with Crippen LogP contribution in [0.25, 0.3) is 0 Å². The normalized spacial score (nSPS) is 48.5. The summed E-state index contributed by atoms with van der Waals surface area (Å²) in [4.78, 5) is 0. The summed E-state index contributed by atoms with van der Waals surface area (Å²) in [6.45, 7) is -5.78. The zero-order valence-corrected chi connectivity index (χ0v) is 35.0. The zero-order chi connectivity index (χ0) is 49.3. The Labute approximate surface area is 378 Å². The fourth-order valence-electron chi connectivity index (χ4n) is 8.55. The molecule has 0 saturated carbocycles. The first-order chi connectivity index (χ1) is 31.8. The molecular formula is C36H62O31. The molecule has 6 fully saturated rings. The number of aliphatic hydroxyl groups excluding tert-OH is 20. The smallest absolute Gasteiger partial charge is 0.187 e. The standard InChI is InChI=1S/C36H62O31/c37-1-7(43)25-14(45)20(51)32(63-25)58-9(3-39)27-16(47)22(53)34(65-27)60-11(5-41)29-18(49)24(55)36(67-29)61-12(6-42)30-17(48)23(54)35(66-30)59-10(4-40)28-15(46)21(52)33(64-28)57-8(2-38)26-13(44)19(50)31(56)62-26/h7-56H,1-6H2/t7-,8-,9-,10-,11-,12-,13-,14-,15-,16-,17-,18-,19-,20-,21-,22-,23-,24-,25+,26+,27+,28+,29+,30+,31?,32-,33-,34-,35-,36-/m1/s1. The summed E-state index contributed by atoms with van der Waals surface area (Å²) in [6, 6.07) is 0. The second-order valence-corrected chi connectivity index (χ2v) is 16.8. The third kappa shape index (κ3) is 11.2. The average Bonchev–Trinajstić information content (AvgIpc) is 4.10. The van der Waals surface area contributed by atoms with Gasteiger partial charge in [-0.15, -0.1) is 0 Å². The Bertz CT molecular complexity index is 1510. The minimum absolute atomic E-state index is 0.858. The molecule has 392 valence electrons. The zero-order valence-electron chi connectivity index (χ0n) is 35.0. The van der Waals surface area contributed by atoms with Crippen LogP contribution in [0.4, 0.5) is 0 Å². The summed E-state index contributed by atoms with van der Waals surface area (Å²) in [5.41, 5.74) is 0. The first-order valence-electron chi connectivity index (χ1n) is 21.1. The fraction of sp³-hybridized carbons (Fsp3) is 1.00. The number of hydrogen-bond donors (Lipinski definition) is 20. The predicted octanol–water partition coefficient (Wildman–Crippen LogP) is -14.1. The van der Waals surface area contributed by atoms with Crippen LogP contribution in [0, 0.1) is 0 Å². The molecule has 0 radical (unpaired) electrons. The van der Waals surface area contributed by atoms with Crippen LogP contribution in [0.1, 0.15) is 0 Å². The maximum absolute atomic E-state index is 10.9. The molecule has 67 heavy (non-hydrogen) atoms. The lowest BCUT2D eigenvalue weighted by atomic mass is 10.0. The SMILES string of the molecule is OC[C@@H](O)[C@@H]1O[C@@H](O[C@H](CO)[C@@H]2O[C@@H](O[C@H](CO)[C@@H]3O[C@@H](O[C@H](CO)[C@@H]4O[C@@H](O[C@H](CO)[C@@H]5O[C@@H](O[C@H](CO)[C@@H]6OC(O)[C@H](O)[C@H]6O)[C@H](O)[C@H]5O)[C@H](O)[C@H]4O)[C@H](O)[C@H]3O)[C@H](O)[C@H]2O)[C@H](O)[C@H]1O. The first-order valence-corrected chi connectivity index (χ1v) is 21.1. The van der Waals surface area contributed by atoms with Gasteiger partial charge in [0.1, 0.15) is 146 Å². The Hall–Kier alpha value is -1.24. The van der Waals surface area contributed by atoms with Gasteiger partial charge in [-0.2, -0.15) is 0 Å². The molecule has 0 bridgehead atoms. The molecular weight excluding hydrogens is 928 g/mol. The van der Waals surface area contributed by atoms with E-state index in [0.717, 1.165) is 0 Å². The van der Waals surface area contributed by atoms with Crippen molar-refractivity contribution in [1.29, 1.82) is 0 Å². The van der Waals surface area contributed by atoms with Crippen molar-refractivity contribution in [1.82, 2.24) is 0 Å². The highest BCUT2D eigenvalue weighted by Gasteiger charge is 2.57. The highest BCUT2D eigenvalue weighted by Crippen LogP contribution is 2.37. The van der Waals surface area contributed by atoms with Crippen LogP contribution in [-0.4, -0.2) is 326 Å². The van der Waals surface area contributed by atoms with E-state index >= 15 is 0 Å². The Morgan fingerprint density at radius 1 is 0.269 bits per heavy atom. The second kappa shape index (κ2) is 23.5. The number of hydrogen-bond acceptors (Lipinski definition) is 31. The lowest BCUT2D eigenvalue weighted by molar-refractivity contribution is -0.274. The largest absolute Gasteiger partial charge is 0.394 e. The number of rotatable bonds is 22. The maximum atomic E-state index is 10.9. The van der Waals surface area contributed by atoms with Gasteiger partial charge < -0.3 is 154 Å². The van der Waals surface area contributed by atoms with Gasteiger partial charge in [-0.1, -0.05) is 0 Å². The summed E-state index contributed by atoms with van der Waals surface area (Å²) in [6.07, 6.45) is -53.5. The molecule has 6 aliphatic rings. The lowest BCUT2D eigenvalue weighted by Crippen LogP contribution is -2.46. The van der Waals surface area contributed by atoms with Crippen molar-refractivity contribution in [3.8, 4) is 0 Å². The summed E-state index contributed by atoms with van der Waals surface area (Å²) in [5, 5.41) is 206. The molecule has 6 aliphatic heterocycles. The molecule has 1 unspecified atom stereocenters. The van der Waals surface area contributed by atoms with E-state index in [1.807, 2.05) is 0 Å². The topological polar surface area (TPSA) is 506 Å². The van der Waals surface area contributed by atoms with E-state index in [9.17, 15) is 102 Å². The average molecular weight is 991 g/mol. The third-order valence-corrected chi connectivity index (χ3v) is 12.4. The molecule has 20 N–H and O–H groups in total. The second-order valence-electron chi connectivity index (χ2n) is 16.8. The van der Waals surface area contributed by atoms with Crippen molar-refractivity contribution >= 4 is 0 Å². The van der Waals surface area contributed by atoms with Crippen molar-refractivity contribution in [3.05, 3.63) is 0 Å². The minimum atomic E-state index is -2.00. The van der Waals surface area contributed by atoms with Gasteiger partial charge in [-0.05, 0) is 0 Å². The highest BCUT2D eigenvalue weighted by atomic mass is 16.8. The van der Waals surface area contributed by atoms with Crippen molar-refractivity contribution in [2.75, 3.05) is 39.6 Å². The Balaban J connectivity index is 1.04. The Morgan fingerprint density at radius 2 is 0.478 bits per heavy atom. The molecule has 6 saturated heterocycles. The van der Waals surface area contributed by atoms with Gasteiger partial charge in [0.15, 0.2) is 37.7 Å². The van der Waals surface area contributed by atoms with E-state index < -0.39 is 224 Å². The monoisotopic (exact) mass is 990 g/mol. The van der Waals surface area contributed by atoms with Crippen LogP contribution in [0.5, 0.6) is 0 Å². The summed E-state index contributed by atoms with van der Waals surface area (Å²) in [5.74, 6) is 0. The molecule has 31 nitrogen and oxygen atoms in total. The minimum Gasteiger partial charge on any atom is -0.394 e. The van der Waals surface area contributed by atoms with E-state index in [0.29, 0.717) is 0 Å². The molecule has 0 spiro atoms. The molecule has 0 amide bonds.